The van der Waals surface area contributed by atoms with Gasteiger partial charge in [0, 0.05) is 5.75 Å². The van der Waals surface area contributed by atoms with E-state index in [9.17, 15) is 20.5 Å². The number of thioether (sulfide) groups is 1. The van der Waals surface area contributed by atoms with Crippen molar-refractivity contribution >= 4 is 28.6 Å². The van der Waals surface area contributed by atoms with E-state index in [-0.39, 0.29) is 10.9 Å². The smallest absolute Gasteiger partial charge is 0.166 e. The van der Waals surface area contributed by atoms with Crippen molar-refractivity contribution < 1.29 is 25.3 Å². The number of imidazole rings is 1. The maximum atomic E-state index is 10.9. The first-order chi connectivity index (χ1) is 14.0. The van der Waals surface area contributed by atoms with Crippen LogP contribution in [0.25, 0.3) is 11.2 Å². The van der Waals surface area contributed by atoms with Crippen LogP contribution >= 0.6 is 11.8 Å². The topological polar surface area (TPSA) is 160 Å². The molecule has 11 nitrogen and oxygen atoms in total. The van der Waals surface area contributed by atoms with Crippen LogP contribution in [0.3, 0.4) is 0 Å². The van der Waals surface area contributed by atoms with Crippen LogP contribution in [0.2, 0.25) is 0 Å². The van der Waals surface area contributed by atoms with Gasteiger partial charge in [0.25, 0.3) is 0 Å². The Labute approximate surface area is 168 Å². The highest BCUT2D eigenvalue weighted by molar-refractivity contribution is 7.98. The highest BCUT2D eigenvalue weighted by Crippen LogP contribution is 2.33. The predicted molar refractivity (Wildman–Crippen MR) is 102 cm³/mol. The largest absolute Gasteiger partial charge is 0.733 e. The third kappa shape index (κ3) is 3.79. The van der Waals surface area contributed by atoms with Crippen LogP contribution in [0.1, 0.15) is 11.8 Å². The third-order valence-electron chi connectivity index (χ3n) is 4.65. The van der Waals surface area contributed by atoms with Gasteiger partial charge in [0.15, 0.2) is 11.9 Å². The molecule has 3 aromatic rings. The fourth-order valence-electron chi connectivity index (χ4n) is 3.10. The number of aliphatic hydroxyl groups is 3. The van der Waals surface area contributed by atoms with Gasteiger partial charge in [0.05, 0.1) is 18.6 Å². The molecule has 1 aromatic carbocycles. The van der Waals surface area contributed by atoms with Crippen molar-refractivity contribution in [3.63, 3.8) is 0 Å². The van der Waals surface area contributed by atoms with Gasteiger partial charge in [-0.25, -0.2) is 15.0 Å². The number of rotatable bonds is 6. The monoisotopic (exact) mass is 420 g/mol. The Kier molecular flexibility index (Phi) is 5.65. The fourth-order valence-corrected chi connectivity index (χ4v) is 4.00. The standard InChI is InChI=1S/C17H18N5O6S/c23-5-11-13(24)14(25)17(28-11)21-8-20-12-15(21)18-7-19-16(12)29-6-9-1-3-10(4-2-9)22(26)27/h1-4,7-8,11,13-14,17,23-26H,5-6H2/q-1/t11-,13-,14+,17-/m1/s1. The van der Waals surface area contributed by atoms with E-state index in [1.54, 1.807) is 12.1 Å². The first kappa shape index (κ1) is 20.0. The number of anilines is 1. The second kappa shape index (κ2) is 8.20. The average molecular weight is 420 g/mol. The van der Waals surface area contributed by atoms with Crippen molar-refractivity contribution in [2.24, 2.45) is 0 Å². The number of nitrogens with zero attached hydrogens (tertiary/aromatic N) is 5. The molecule has 1 aliphatic rings. The molecule has 0 bridgehead atoms. The van der Waals surface area contributed by atoms with Crippen molar-refractivity contribution in [2.45, 2.75) is 35.3 Å². The molecule has 3 heterocycles. The molecular formula is C17H18N5O6S-. The molecule has 12 heteroatoms. The lowest BCUT2D eigenvalue weighted by Crippen LogP contribution is -2.33. The van der Waals surface area contributed by atoms with Gasteiger partial charge in [-0.2, -0.15) is 0 Å². The van der Waals surface area contributed by atoms with Crippen LogP contribution in [-0.4, -0.2) is 65.0 Å². The lowest BCUT2D eigenvalue weighted by molar-refractivity contribution is -0.0511. The van der Waals surface area contributed by atoms with E-state index in [2.05, 4.69) is 15.0 Å². The molecule has 1 fully saturated rings. The normalized spacial score (nSPS) is 24.3. The molecule has 0 aliphatic carbocycles. The van der Waals surface area contributed by atoms with E-state index in [1.165, 1.54) is 41.1 Å². The summed E-state index contributed by atoms with van der Waals surface area (Å²) in [5.74, 6) is 0.539. The minimum Gasteiger partial charge on any atom is -0.733 e. The Balaban J connectivity index is 1.55. The molecule has 0 unspecified atom stereocenters. The molecule has 0 spiro atoms. The Bertz CT molecular complexity index is 984. The number of benzene rings is 1. The number of aromatic nitrogens is 4. The summed E-state index contributed by atoms with van der Waals surface area (Å²) in [5, 5.41) is 49.6. The third-order valence-corrected chi connectivity index (χ3v) is 5.70. The number of hydrogen-bond donors (Lipinski definition) is 4. The van der Waals surface area contributed by atoms with E-state index in [4.69, 9.17) is 9.94 Å². The minimum absolute atomic E-state index is 0.139. The van der Waals surface area contributed by atoms with Gasteiger partial charge in [-0.05, 0) is 17.7 Å². The van der Waals surface area contributed by atoms with Crippen LogP contribution in [0.4, 0.5) is 5.69 Å². The molecule has 4 rings (SSSR count). The zero-order valence-electron chi connectivity index (χ0n) is 14.9. The average Bonchev–Trinajstić information content (AvgIpc) is 3.28. The number of ether oxygens (including phenoxy) is 1. The van der Waals surface area contributed by atoms with E-state index in [0.717, 1.165) is 5.56 Å². The summed E-state index contributed by atoms with van der Waals surface area (Å²) in [4.78, 5) is 12.8. The summed E-state index contributed by atoms with van der Waals surface area (Å²) in [5.41, 5.74) is 1.98. The van der Waals surface area contributed by atoms with Gasteiger partial charge in [-0.15, -0.1) is 0 Å². The Hall–Kier alpha value is -2.32. The van der Waals surface area contributed by atoms with Gasteiger partial charge >= 0.3 is 0 Å². The summed E-state index contributed by atoms with van der Waals surface area (Å²) in [7, 11) is 0. The molecule has 0 amide bonds. The second-order valence-electron chi connectivity index (χ2n) is 6.46. The second-order valence-corrected chi connectivity index (χ2v) is 7.42. The molecule has 4 N–H and O–H groups in total. The summed E-state index contributed by atoms with van der Waals surface area (Å²) in [6.07, 6.45) is -1.46. The maximum Gasteiger partial charge on any atom is 0.166 e. The molecule has 29 heavy (non-hydrogen) atoms. The van der Waals surface area contributed by atoms with E-state index in [0.29, 0.717) is 21.9 Å². The van der Waals surface area contributed by atoms with E-state index >= 15 is 0 Å². The summed E-state index contributed by atoms with van der Waals surface area (Å²) < 4.78 is 7.05. The van der Waals surface area contributed by atoms with Gasteiger partial charge in [-0.1, -0.05) is 23.9 Å². The number of fused-ring (bicyclic) bond motifs is 1. The zero-order valence-corrected chi connectivity index (χ0v) is 15.8. The molecule has 154 valence electrons. The van der Waals surface area contributed by atoms with E-state index in [1.807, 2.05) is 0 Å². The fraction of sp³-hybridized carbons (Fsp3) is 0.353. The molecule has 2 aromatic heterocycles. The number of aliphatic hydroxyl groups excluding tert-OH is 3. The van der Waals surface area contributed by atoms with Crippen molar-refractivity contribution in [1.82, 2.24) is 19.5 Å². The Morgan fingerprint density at radius 3 is 2.55 bits per heavy atom. The van der Waals surface area contributed by atoms with Crippen molar-refractivity contribution in [3.8, 4) is 0 Å². The van der Waals surface area contributed by atoms with Crippen LogP contribution in [0.5, 0.6) is 0 Å². The summed E-state index contributed by atoms with van der Waals surface area (Å²) in [6.45, 7) is -0.420. The predicted octanol–water partition coefficient (Wildman–Crippen LogP) is 0.423. The van der Waals surface area contributed by atoms with Crippen LogP contribution in [0.15, 0.2) is 41.9 Å². The van der Waals surface area contributed by atoms with Crippen molar-refractivity contribution in [3.05, 3.63) is 47.7 Å². The van der Waals surface area contributed by atoms with Gasteiger partial charge in [-0.3, -0.25) is 9.77 Å². The van der Waals surface area contributed by atoms with Crippen LogP contribution in [0, 0.1) is 5.21 Å². The molecule has 1 aliphatic heterocycles. The molecular weight excluding hydrogens is 402 g/mol. The molecule has 0 saturated carbocycles. The maximum absolute atomic E-state index is 10.9. The highest BCUT2D eigenvalue weighted by atomic mass is 32.2. The summed E-state index contributed by atoms with van der Waals surface area (Å²) in [6, 6.07) is 6.46. The highest BCUT2D eigenvalue weighted by Gasteiger charge is 2.44. The lowest BCUT2D eigenvalue weighted by atomic mass is 10.1. The molecule has 1 saturated heterocycles. The van der Waals surface area contributed by atoms with Gasteiger partial charge < -0.3 is 30.5 Å². The first-order valence-electron chi connectivity index (χ1n) is 8.67. The number of hydrogen-bond acceptors (Lipinski definition) is 11. The van der Waals surface area contributed by atoms with Crippen molar-refractivity contribution in [1.29, 1.82) is 0 Å². The zero-order chi connectivity index (χ0) is 20.5. The molecule has 4 atom stereocenters. The SMILES string of the molecule is [O-]N(O)c1ccc(CSc2ncnc3c2ncn3[C@@H]2O[C@H](CO)[C@@H](O)[C@@H]2O)cc1. The first-order valence-corrected chi connectivity index (χ1v) is 9.66. The quantitative estimate of drug-likeness (QED) is 0.249. The minimum atomic E-state index is -1.23. The molecule has 0 radical (unpaired) electrons. The van der Waals surface area contributed by atoms with Crippen molar-refractivity contribution in [2.75, 3.05) is 11.8 Å². The Morgan fingerprint density at radius 1 is 1.14 bits per heavy atom. The van der Waals surface area contributed by atoms with E-state index < -0.39 is 31.1 Å². The summed E-state index contributed by atoms with van der Waals surface area (Å²) >= 11 is 1.41. The van der Waals surface area contributed by atoms with Gasteiger partial charge in [0.1, 0.15) is 35.2 Å². The van der Waals surface area contributed by atoms with Gasteiger partial charge in [0.2, 0.25) is 0 Å². The Morgan fingerprint density at radius 2 is 1.90 bits per heavy atom. The van der Waals surface area contributed by atoms with Crippen LogP contribution in [-0.2, 0) is 10.5 Å². The van der Waals surface area contributed by atoms with Crippen LogP contribution < -0.4 is 5.23 Å². The lowest BCUT2D eigenvalue weighted by Gasteiger charge is -2.21.